The number of ether oxygens (including phenoxy) is 1. The van der Waals surface area contributed by atoms with Gasteiger partial charge in [-0.1, -0.05) is 0 Å². The van der Waals surface area contributed by atoms with Crippen LogP contribution in [0.3, 0.4) is 0 Å². The van der Waals surface area contributed by atoms with Gasteiger partial charge in [-0.25, -0.2) is 0 Å². The Kier molecular flexibility index (Phi) is 3.13. The molecule has 0 aromatic heterocycles. The minimum absolute atomic E-state index is 0.522. The van der Waals surface area contributed by atoms with Crippen LogP contribution in [-0.2, 0) is 4.74 Å². The number of hydrogen-bond acceptors (Lipinski definition) is 4. The number of allylic oxidation sites excluding steroid dienone is 1. The summed E-state index contributed by atoms with van der Waals surface area (Å²) in [4.78, 5) is 0. The zero-order valence-corrected chi connectivity index (χ0v) is 8.60. The highest BCUT2D eigenvalue weighted by atomic mass is 19.4. The first-order valence-electron chi connectivity index (χ1n) is 4.33. The van der Waals surface area contributed by atoms with Crippen LogP contribution >= 0.6 is 0 Å². The van der Waals surface area contributed by atoms with E-state index in [1.54, 1.807) is 0 Å². The molecule has 0 saturated carbocycles. The summed E-state index contributed by atoms with van der Waals surface area (Å²) >= 11 is 0. The van der Waals surface area contributed by atoms with Gasteiger partial charge in [0, 0.05) is 0 Å². The zero-order valence-electron chi connectivity index (χ0n) is 8.60. The number of hydrogen-bond donors (Lipinski definition) is 0. The lowest BCUT2D eigenvalue weighted by atomic mass is 9.85. The molecule has 0 aromatic rings. The molecule has 4 nitrogen and oxygen atoms in total. The second-order valence-corrected chi connectivity index (χ2v) is 3.36. The van der Waals surface area contributed by atoms with Crippen molar-refractivity contribution < 1.29 is 31.1 Å². The van der Waals surface area contributed by atoms with Gasteiger partial charge in [0.05, 0.1) is 11.6 Å². The maximum Gasteiger partial charge on any atom is 0.450 e. The largest absolute Gasteiger partial charge is 0.455 e. The summed E-state index contributed by atoms with van der Waals surface area (Å²) in [7, 11) is 0. The van der Waals surface area contributed by atoms with E-state index in [0.717, 1.165) is 12.1 Å². The van der Waals surface area contributed by atoms with E-state index in [1.165, 1.54) is 0 Å². The third-order valence-electron chi connectivity index (χ3n) is 2.30. The first-order chi connectivity index (χ1) is 8.55. The maximum absolute atomic E-state index is 12.7. The minimum atomic E-state index is -5.57. The van der Waals surface area contributed by atoms with Crippen LogP contribution in [0.5, 0.6) is 0 Å². The number of rotatable bonds is 0. The Bertz CT molecular complexity index is 555. The second kappa shape index (κ2) is 4.06. The van der Waals surface area contributed by atoms with Crippen molar-refractivity contribution in [1.29, 1.82) is 15.8 Å². The van der Waals surface area contributed by atoms with E-state index >= 15 is 0 Å². The van der Waals surface area contributed by atoms with Gasteiger partial charge in [0.1, 0.15) is 18.1 Å². The van der Waals surface area contributed by atoms with Gasteiger partial charge in [-0.2, -0.15) is 42.1 Å². The van der Waals surface area contributed by atoms with Crippen LogP contribution in [0.15, 0.2) is 11.3 Å². The maximum atomic E-state index is 12.7. The molecule has 2 unspecified atom stereocenters. The summed E-state index contributed by atoms with van der Waals surface area (Å²) in [6, 6.07) is 2.23. The molecule has 0 aliphatic carbocycles. The molecular formula is C9HF6N3O. The fourth-order valence-electron chi connectivity index (χ4n) is 1.46. The average Bonchev–Trinajstić information content (AvgIpc) is 2.62. The summed E-state index contributed by atoms with van der Waals surface area (Å²) < 4.78 is 79.2. The topological polar surface area (TPSA) is 80.6 Å². The summed E-state index contributed by atoms with van der Waals surface area (Å²) in [5.74, 6) is -4.96. The molecule has 0 bridgehead atoms. The minimum Gasteiger partial charge on any atom is -0.455 e. The lowest BCUT2D eigenvalue weighted by Gasteiger charge is -2.27. The summed E-state index contributed by atoms with van der Waals surface area (Å²) in [5.41, 5.74) is -5.59. The second-order valence-electron chi connectivity index (χ2n) is 3.36. The van der Waals surface area contributed by atoms with Crippen molar-refractivity contribution in [3.8, 4) is 18.2 Å². The predicted molar refractivity (Wildman–Crippen MR) is 43.3 cm³/mol. The van der Waals surface area contributed by atoms with Gasteiger partial charge in [-0.05, 0) is 0 Å². The molecule has 0 saturated heterocycles. The van der Waals surface area contributed by atoms with E-state index in [0.29, 0.717) is 6.07 Å². The Labute approximate surface area is 101 Å². The molecule has 10 heteroatoms. The molecule has 100 valence electrons. The van der Waals surface area contributed by atoms with Crippen molar-refractivity contribution in [2.75, 3.05) is 0 Å². The lowest BCUT2D eigenvalue weighted by Crippen LogP contribution is -2.49. The summed E-state index contributed by atoms with van der Waals surface area (Å²) in [6.45, 7) is 0. The fourth-order valence-corrected chi connectivity index (χ4v) is 1.46. The van der Waals surface area contributed by atoms with Crippen LogP contribution in [0.2, 0.25) is 0 Å². The van der Waals surface area contributed by atoms with Crippen LogP contribution in [0.4, 0.5) is 26.3 Å². The van der Waals surface area contributed by atoms with Crippen molar-refractivity contribution in [2.24, 2.45) is 5.92 Å². The van der Waals surface area contributed by atoms with E-state index in [1.807, 2.05) is 0 Å². The first-order valence-corrected chi connectivity index (χ1v) is 4.33. The highest BCUT2D eigenvalue weighted by Crippen LogP contribution is 2.51. The Morgan fingerprint density at radius 1 is 1.05 bits per heavy atom. The molecule has 2 atom stereocenters. The van der Waals surface area contributed by atoms with Crippen molar-refractivity contribution in [1.82, 2.24) is 0 Å². The number of nitrogens with zero attached hydrogens (tertiary/aromatic N) is 3. The predicted octanol–water partition coefficient (Wildman–Crippen LogP) is 2.32. The standard InChI is InChI=1S/C9HF6N3O/c10-8(11,12)6-4(1-16)5(2-17)7(3-18,19-6)9(13,14)15/h5H. The molecule has 0 amide bonds. The lowest BCUT2D eigenvalue weighted by molar-refractivity contribution is -0.256. The van der Waals surface area contributed by atoms with Gasteiger partial charge in [0.2, 0.25) is 5.76 Å². The molecule has 1 aliphatic heterocycles. The van der Waals surface area contributed by atoms with Gasteiger partial charge in [-0.15, -0.1) is 0 Å². The highest BCUT2D eigenvalue weighted by molar-refractivity contribution is 5.45. The Morgan fingerprint density at radius 2 is 1.58 bits per heavy atom. The molecular weight excluding hydrogens is 280 g/mol. The SMILES string of the molecule is N#CC1=C(C(F)(F)F)OC(C#N)(C(F)(F)F)C1C#N. The van der Waals surface area contributed by atoms with E-state index in [-0.39, 0.29) is 0 Å². The number of alkyl halides is 6. The van der Waals surface area contributed by atoms with E-state index in [2.05, 4.69) is 4.74 Å². The van der Waals surface area contributed by atoms with Gasteiger partial charge >= 0.3 is 18.0 Å². The molecule has 0 radical (unpaired) electrons. The van der Waals surface area contributed by atoms with Crippen LogP contribution in [0.1, 0.15) is 0 Å². The smallest absolute Gasteiger partial charge is 0.450 e. The fraction of sp³-hybridized carbons (Fsp3) is 0.444. The van der Waals surface area contributed by atoms with Crippen LogP contribution in [-0.4, -0.2) is 18.0 Å². The van der Waals surface area contributed by atoms with Crippen molar-refractivity contribution in [3.05, 3.63) is 11.3 Å². The number of nitriles is 3. The van der Waals surface area contributed by atoms with Crippen molar-refractivity contribution in [3.63, 3.8) is 0 Å². The molecule has 1 rings (SSSR count). The Morgan fingerprint density at radius 3 is 1.84 bits per heavy atom. The molecule has 0 N–H and O–H groups in total. The number of halogens is 6. The van der Waals surface area contributed by atoms with Crippen LogP contribution < -0.4 is 0 Å². The highest BCUT2D eigenvalue weighted by Gasteiger charge is 2.71. The van der Waals surface area contributed by atoms with Crippen molar-refractivity contribution >= 4 is 0 Å². The van der Waals surface area contributed by atoms with E-state index < -0.39 is 35.2 Å². The summed E-state index contributed by atoms with van der Waals surface area (Å²) in [6.07, 6.45) is -11.0. The van der Waals surface area contributed by atoms with Gasteiger partial charge in [0.15, 0.2) is 0 Å². The van der Waals surface area contributed by atoms with Gasteiger partial charge < -0.3 is 4.74 Å². The monoisotopic (exact) mass is 281 g/mol. The average molecular weight is 281 g/mol. The molecule has 0 spiro atoms. The normalized spacial score (nSPS) is 27.2. The molecule has 19 heavy (non-hydrogen) atoms. The van der Waals surface area contributed by atoms with E-state index in [9.17, 15) is 26.3 Å². The van der Waals surface area contributed by atoms with Gasteiger partial charge in [-0.3, -0.25) is 0 Å². The third-order valence-corrected chi connectivity index (χ3v) is 2.30. The zero-order chi connectivity index (χ0) is 15.1. The third kappa shape index (κ3) is 1.93. The summed E-state index contributed by atoms with van der Waals surface area (Å²) in [5, 5.41) is 25.5. The first kappa shape index (κ1) is 14.7. The quantitative estimate of drug-likeness (QED) is 0.638. The Balaban J connectivity index is 3.56. The molecule has 1 aliphatic rings. The van der Waals surface area contributed by atoms with Gasteiger partial charge in [0.25, 0.3) is 0 Å². The Hall–Kier alpha value is -2.41. The molecule has 1 heterocycles. The van der Waals surface area contributed by atoms with Crippen LogP contribution in [0.25, 0.3) is 0 Å². The molecule has 0 fully saturated rings. The molecule has 0 aromatic carbocycles. The van der Waals surface area contributed by atoms with Crippen LogP contribution in [0, 0.1) is 39.9 Å². The van der Waals surface area contributed by atoms with Crippen molar-refractivity contribution in [2.45, 2.75) is 18.0 Å². The van der Waals surface area contributed by atoms with E-state index in [4.69, 9.17) is 15.8 Å².